The first-order valence-electron chi connectivity index (χ1n) is 13.3. The number of anilines is 1. The predicted octanol–water partition coefficient (Wildman–Crippen LogP) is 7.96. The van der Waals surface area contributed by atoms with E-state index in [-0.39, 0.29) is 39.6 Å². The average molecular weight is 582 g/mol. The summed E-state index contributed by atoms with van der Waals surface area (Å²) >= 11 is 6.47. The Kier molecular flexibility index (Phi) is 9.02. The van der Waals surface area contributed by atoms with Crippen molar-refractivity contribution in [2.24, 2.45) is 10.4 Å². The SMILES string of the molecule is C/C=C/N=C(/C(F)=C/n1c(C)cc(C(C)Cc2ccc(F)cc2)c(Cl)c1=O)c1cccc(NC(=O)C2(C)CC2)c1F. The summed E-state index contributed by atoms with van der Waals surface area (Å²) < 4.78 is 45.7. The number of carbonyl (C=O) groups excluding carboxylic acids is 1. The summed E-state index contributed by atoms with van der Waals surface area (Å²) in [6, 6.07) is 12.0. The fourth-order valence-corrected chi connectivity index (χ4v) is 4.76. The minimum Gasteiger partial charge on any atom is -0.323 e. The minimum atomic E-state index is -0.979. The molecule has 0 radical (unpaired) electrons. The van der Waals surface area contributed by atoms with Crippen LogP contribution in [0.5, 0.6) is 0 Å². The molecule has 0 bridgehead atoms. The number of aromatic nitrogens is 1. The van der Waals surface area contributed by atoms with Gasteiger partial charge in [-0.15, -0.1) is 0 Å². The second kappa shape index (κ2) is 12.3. The maximum Gasteiger partial charge on any atom is 0.273 e. The molecule has 41 heavy (non-hydrogen) atoms. The number of benzene rings is 2. The molecule has 1 aliphatic carbocycles. The van der Waals surface area contributed by atoms with Gasteiger partial charge in [0.05, 0.1) is 11.9 Å². The number of pyridine rings is 1. The number of amides is 1. The van der Waals surface area contributed by atoms with E-state index >= 15 is 8.78 Å². The van der Waals surface area contributed by atoms with Crippen molar-refractivity contribution in [1.82, 2.24) is 4.57 Å². The molecular formula is C32H31ClF3N3O2. The van der Waals surface area contributed by atoms with Gasteiger partial charge < -0.3 is 5.32 Å². The van der Waals surface area contributed by atoms with Gasteiger partial charge in [0.15, 0.2) is 11.6 Å². The molecule has 4 rings (SSSR count). The third kappa shape index (κ3) is 6.70. The Balaban J connectivity index is 1.69. The van der Waals surface area contributed by atoms with E-state index in [1.54, 1.807) is 45.0 Å². The number of carbonyl (C=O) groups is 1. The van der Waals surface area contributed by atoms with Gasteiger partial charge in [-0.25, -0.2) is 13.2 Å². The zero-order chi connectivity index (χ0) is 29.9. The summed E-state index contributed by atoms with van der Waals surface area (Å²) in [6.45, 7) is 7.00. The van der Waals surface area contributed by atoms with Crippen LogP contribution < -0.4 is 10.9 Å². The van der Waals surface area contributed by atoms with Crippen molar-refractivity contribution in [2.75, 3.05) is 5.32 Å². The number of aliphatic imine (C=N–C) groups is 1. The molecular weight excluding hydrogens is 551 g/mol. The first-order chi connectivity index (χ1) is 19.4. The highest BCUT2D eigenvalue weighted by Crippen LogP contribution is 2.46. The monoisotopic (exact) mass is 581 g/mol. The molecule has 5 nitrogen and oxygen atoms in total. The van der Waals surface area contributed by atoms with Crippen LogP contribution in [0.3, 0.4) is 0 Å². The van der Waals surface area contributed by atoms with Crippen molar-refractivity contribution < 1.29 is 18.0 Å². The number of nitrogens with zero attached hydrogens (tertiary/aromatic N) is 2. The fourth-order valence-electron chi connectivity index (χ4n) is 4.43. The highest BCUT2D eigenvalue weighted by atomic mass is 35.5. The second-order valence-corrected chi connectivity index (χ2v) is 11.0. The minimum absolute atomic E-state index is 0.0781. The van der Waals surface area contributed by atoms with E-state index in [0.717, 1.165) is 16.3 Å². The molecule has 0 saturated heterocycles. The maximum atomic E-state index is 15.8. The summed E-state index contributed by atoms with van der Waals surface area (Å²) in [5, 5.41) is 2.52. The molecule has 9 heteroatoms. The number of halogens is 4. The van der Waals surface area contributed by atoms with Crippen molar-refractivity contribution >= 4 is 35.1 Å². The van der Waals surface area contributed by atoms with E-state index in [4.69, 9.17) is 11.6 Å². The largest absolute Gasteiger partial charge is 0.323 e. The Morgan fingerprint density at radius 1 is 1.20 bits per heavy atom. The van der Waals surface area contributed by atoms with Crippen LogP contribution in [-0.4, -0.2) is 16.2 Å². The number of nitrogens with one attached hydrogen (secondary N) is 1. The number of hydrogen-bond donors (Lipinski definition) is 1. The van der Waals surface area contributed by atoms with Gasteiger partial charge in [0.25, 0.3) is 5.56 Å². The van der Waals surface area contributed by atoms with Crippen LogP contribution in [-0.2, 0) is 11.2 Å². The highest BCUT2D eigenvalue weighted by molar-refractivity contribution is 6.31. The van der Waals surface area contributed by atoms with Crippen LogP contribution in [0.15, 0.2) is 76.4 Å². The zero-order valence-corrected chi connectivity index (χ0v) is 24.0. The number of hydrogen-bond acceptors (Lipinski definition) is 3. The van der Waals surface area contributed by atoms with Gasteiger partial charge in [-0.1, -0.05) is 49.7 Å². The van der Waals surface area contributed by atoms with Crippen LogP contribution in [0.25, 0.3) is 6.20 Å². The number of rotatable bonds is 9. The Labute approximate surface area is 242 Å². The third-order valence-electron chi connectivity index (χ3n) is 7.26. The summed E-state index contributed by atoms with van der Waals surface area (Å²) in [5.74, 6) is -2.65. The van der Waals surface area contributed by atoms with E-state index in [2.05, 4.69) is 10.3 Å². The molecule has 2 aromatic carbocycles. The smallest absolute Gasteiger partial charge is 0.273 e. The first-order valence-corrected chi connectivity index (χ1v) is 13.7. The number of aryl methyl sites for hydroxylation is 1. The molecule has 1 saturated carbocycles. The van der Waals surface area contributed by atoms with Crippen LogP contribution in [0, 0.1) is 24.0 Å². The van der Waals surface area contributed by atoms with Crippen molar-refractivity contribution in [3.05, 3.63) is 116 Å². The van der Waals surface area contributed by atoms with Gasteiger partial charge in [0, 0.05) is 22.9 Å². The van der Waals surface area contributed by atoms with Gasteiger partial charge in [-0.3, -0.25) is 19.1 Å². The van der Waals surface area contributed by atoms with Crippen LogP contribution in [0.2, 0.25) is 5.02 Å². The molecule has 214 valence electrons. The fraction of sp³-hybridized carbons (Fsp3) is 0.281. The Morgan fingerprint density at radius 3 is 2.51 bits per heavy atom. The van der Waals surface area contributed by atoms with Gasteiger partial charge in [0.1, 0.15) is 16.6 Å². The lowest BCUT2D eigenvalue weighted by Gasteiger charge is -2.17. The predicted molar refractivity (Wildman–Crippen MR) is 158 cm³/mol. The standard InChI is InChI=1S/C32H31ClF3N3O2/c1-5-15-37-29(23-7-6-8-26(28(23)36)38-31(41)32(4)13-14-32)25(35)18-39-20(3)17-24(27(33)30(39)40)19(2)16-21-9-11-22(34)12-10-21/h5-12,15,17-19H,13-14,16H2,1-4H3,(H,38,41)/b15-5+,25-18-,37-29+. The molecule has 1 fully saturated rings. The third-order valence-corrected chi connectivity index (χ3v) is 7.64. The van der Waals surface area contributed by atoms with Crippen molar-refractivity contribution in [3.63, 3.8) is 0 Å². The van der Waals surface area contributed by atoms with Gasteiger partial charge >= 0.3 is 0 Å². The van der Waals surface area contributed by atoms with E-state index in [9.17, 15) is 14.0 Å². The summed E-state index contributed by atoms with van der Waals surface area (Å²) in [5.41, 5.74) is 0.0487. The lowest BCUT2D eigenvalue weighted by Crippen LogP contribution is -2.23. The summed E-state index contributed by atoms with van der Waals surface area (Å²) in [7, 11) is 0. The van der Waals surface area contributed by atoms with Crippen molar-refractivity contribution in [2.45, 2.75) is 52.9 Å². The van der Waals surface area contributed by atoms with Crippen molar-refractivity contribution in [1.29, 1.82) is 0 Å². The van der Waals surface area contributed by atoms with Gasteiger partial charge in [0.2, 0.25) is 5.91 Å². The summed E-state index contributed by atoms with van der Waals surface area (Å²) in [6.07, 6.45) is 5.73. The molecule has 1 unspecified atom stereocenters. The van der Waals surface area contributed by atoms with Gasteiger partial charge in [-0.2, -0.15) is 0 Å². The highest BCUT2D eigenvalue weighted by Gasteiger charge is 2.45. The number of allylic oxidation sites excluding steroid dienone is 2. The molecule has 1 aliphatic rings. The lowest BCUT2D eigenvalue weighted by molar-refractivity contribution is -0.120. The van der Waals surface area contributed by atoms with Crippen LogP contribution in [0.4, 0.5) is 18.9 Å². The second-order valence-electron chi connectivity index (χ2n) is 10.6. The van der Waals surface area contributed by atoms with E-state index < -0.39 is 22.6 Å². The molecule has 0 spiro atoms. The Hall–Kier alpha value is -3.91. The Bertz CT molecular complexity index is 1620. The molecule has 1 heterocycles. The average Bonchev–Trinajstić information content (AvgIpc) is 3.70. The molecule has 1 atom stereocenters. The van der Waals surface area contributed by atoms with E-state index in [1.165, 1.54) is 36.5 Å². The quantitative estimate of drug-likeness (QED) is 0.261. The molecule has 0 aliphatic heterocycles. The Morgan fingerprint density at radius 2 is 1.88 bits per heavy atom. The maximum absolute atomic E-state index is 15.8. The molecule has 3 aromatic rings. The van der Waals surface area contributed by atoms with E-state index in [1.807, 2.05) is 6.92 Å². The van der Waals surface area contributed by atoms with Crippen LogP contribution >= 0.6 is 11.6 Å². The van der Waals surface area contributed by atoms with Gasteiger partial charge in [-0.05, 0) is 80.5 Å². The first kappa shape index (κ1) is 30.1. The topological polar surface area (TPSA) is 63.5 Å². The lowest BCUT2D eigenvalue weighted by atomic mass is 9.93. The zero-order valence-electron chi connectivity index (χ0n) is 23.3. The van der Waals surface area contributed by atoms with Crippen molar-refractivity contribution in [3.8, 4) is 0 Å². The molecule has 1 N–H and O–H groups in total. The normalized spacial score (nSPS) is 15.7. The molecule has 1 aromatic heterocycles. The summed E-state index contributed by atoms with van der Waals surface area (Å²) in [4.78, 5) is 29.9. The van der Waals surface area contributed by atoms with E-state index in [0.29, 0.717) is 30.5 Å². The van der Waals surface area contributed by atoms with Crippen LogP contribution in [0.1, 0.15) is 61.9 Å². The molecule has 1 amide bonds.